The van der Waals surface area contributed by atoms with E-state index >= 15 is 0 Å². The van der Waals surface area contributed by atoms with E-state index in [9.17, 15) is 29.4 Å². The quantitative estimate of drug-likeness (QED) is 0.624. The van der Waals surface area contributed by atoms with E-state index in [0.717, 1.165) is 18.4 Å². The second kappa shape index (κ2) is 8.10. The third-order valence-electron chi connectivity index (χ3n) is 8.32. The van der Waals surface area contributed by atoms with Gasteiger partial charge in [-0.25, -0.2) is 0 Å². The fourth-order valence-electron chi connectivity index (χ4n) is 6.62. The van der Waals surface area contributed by atoms with Gasteiger partial charge in [0.05, 0.1) is 0 Å². The van der Waals surface area contributed by atoms with Gasteiger partial charge >= 0.3 is 5.97 Å². The summed E-state index contributed by atoms with van der Waals surface area (Å²) >= 11 is 0. The molecule has 0 bridgehead atoms. The molecule has 3 fully saturated rings. The number of carboxylic acids is 1. The molecule has 0 heterocycles. The van der Waals surface area contributed by atoms with Gasteiger partial charge in [-0.15, -0.1) is 0 Å². The van der Waals surface area contributed by atoms with Crippen LogP contribution in [0.1, 0.15) is 59.3 Å². The molecule has 0 aliphatic heterocycles. The minimum atomic E-state index is -1.62. The van der Waals surface area contributed by atoms with Gasteiger partial charge in [0.15, 0.2) is 11.6 Å². The molecule has 0 aromatic carbocycles. The molecule has 0 spiro atoms. The van der Waals surface area contributed by atoms with Crippen molar-refractivity contribution in [3.8, 4) is 0 Å². The second-order valence-corrected chi connectivity index (χ2v) is 9.76. The van der Waals surface area contributed by atoms with Crippen LogP contribution in [0.25, 0.3) is 0 Å². The summed E-state index contributed by atoms with van der Waals surface area (Å²) in [5.41, 5.74) is -1.86. The first-order valence-electron chi connectivity index (χ1n) is 11.0. The monoisotopic (exact) mass is 432 g/mol. The van der Waals surface area contributed by atoms with Gasteiger partial charge in [0, 0.05) is 29.6 Å². The van der Waals surface area contributed by atoms with E-state index in [2.05, 4.69) is 0 Å². The highest BCUT2D eigenvalue weighted by atomic mass is 16.4. The van der Waals surface area contributed by atoms with E-state index in [1.54, 1.807) is 19.1 Å². The Kier molecular flexibility index (Phi) is 6.15. The lowest BCUT2D eigenvalue weighted by molar-refractivity contribution is -0.168. The fourth-order valence-corrected chi connectivity index (χ4v) is 6.62. The van der Waals surface area contributed by atoms with Gasteiger partial charge in [0.1, 0.15) is 18.0 Å². The van der Waals surface area contributed by atoms with Gasteiger partial charge < -0.3 is 15.3 Å². The zero-order chi connectivity index (χ0) is 23.2. The van der Waals surface area contributed by atoms with Crippen LogP contribution in [0.4, 0.5) is 0 Å². The molecule has 3 N–H and O–H groups in total. The maximum atomic E-state index is 13.3. The smallest absolute Gasteiger partial charge is 0.303 e. The number of hydrogen-bond acceptors (Lipinski definition) is 6. The maximum Gasteiger partial charge on any atom is 0.303 e. The number of rotatable bonds is 3. The van der Waals surface area contributed by atoms with Gasteiger partial charge in [-0.1, -0.05) is 32.4 Å². The van der Waals surface area contributed by atoms with Crippen molar-refractivity contribution in [2.45, 2.75) is 64.9 Å². The Morgan fingerprint density at radius 2 is 1.84 bits per heavy atom. The molecule has 0 radical (unpaired) electrons. The third kappa shape index (κ3) is 3.52. The number of ketones is 3. The molecular weight excluding hydrogens is 400 g/mol. The van der Waals surface area contributed by atoms with E-state index in [0.29, 0.717) is 12.8 Å². The first-order chi connectivity index (χ1) is 14.4. The Hall–Kier alpha value is -2.12. The lowest BCUT2D eigenvalue weighted by atomic mass is 9.46. The fraction of sp³-hybridized carbons (Fsp3) is 0.667. The van der Waals surface area contributed by atoms with E-state index < -0.39 is 34.8 Å². The summed E-state index contributed by atoms with van der Waals surface area (Å²) in [6.07, 6.45) is 8.05. The predicted molar refractivity (Wildman–Crippen MR) is 112 cm³/mol. The molecule has 4 aliphatic rings. The molecule has 0 saturated heterocycles. The Balaban J connectivity index is 0.000000491. The normalized spacial score (nSPS) is 40.7. The molecule has 0 unspecified atom stereocenters. The Morgan fingerprint density at radius 1 is 1.19 bits per heavy atom. The van der Waals surface area contributed by atoms with Gasteiger partial charge in [0.2, 0.25) is 0 Å². The van der Waals surface area contributed by atoms with Crippen molar-refractivity contribution < 1.29 is 34.5 Å². The molecule has 0 aromatic rings. The summed E-state index contributed by atoms with van der Waals surface area (Å²) in [5.74, 6) is -1.34. The number of Topliss-reactive ketones (excluding diaryl/α,β-unsaturated/α-hetero) is 2. The van der Waals surface area contributed by atoms with Crippen molar-refractivity contribution in [2.75, 3.05) is 6.61 Å². The average Bonchev–Trinajstić information content (AvgIpc) is 2.99. The topological polar surface area (TPSA) is 129 Å². The third-order valence-corrected chi connectivity index (χ3v) is 8.32. The largest absolute Gasteiger partial charge is 0.481 e. The summed E-state index contributed by atoms with van der Waals surface area (Å²) in [4.78, 5) is 46.8. The molecule has 4 rings (SSSR count). The van der Waals surface area contributed by atoms with E-state index in [1.807, 2.05) is 19.9 Å². The number of fused-ring (bicyclic) bond motifs is 5. The summed E-state index contributed by atoms with van der Waals surface area (Å²) in [5, 5.41) is 28.2. The van der Waals surface area contributed by atoms with Gasteiger partial charge in [0.25, 0.3) is 0 Å². The number of carbonyl (C=O) groups excluding carboxylic acids is 3. The Morgan fingerprint density at radius 3 is 2.42 bits per heavy atom. The van der Waals surface area contributed by atoms with Crippen LogP contribution in [0, 0.1) is 28.6 Å². The number of carboxylic acid groups (broad SMARTS) is 1. The molecule has 4 aliphatic carbocycles. The first-order valence-corrected chi connectivity index (χ1v) is 11.0. The van der Waals surface area contributed by atoms with Crippen LogP contribution in [0.3, 0.4) is 0 Å². The number of hydrogen-bond donors (Lipinski definition) is 3. The van der Waals surface area contributed by atoms with Crippen LogP contribution in [-0.2, 0) is 19.2 Å². The maximum absolute atomic E-state index is 13.3. The van der Waals surface area contributed by atoms with E-state index in [-0.39, 0.29) is 42.2 Å². The molecule has 6 atom stereocenters. The molecule has 7 nitrogen and oxygen atoms in total. The lowest BCUT2D eigenvalue weighted by Gasteiger charge is -2.56. The Bertz CT molecular complexity index is 871. The van der Waals surface area contributed by atoms with E-state index in [1.165, 1.54) is 0 Å². The predicted octanol–water partition coefficient (Wildman–Crippen LogP) is 2.25. The SMILES string of the molecule is CCC(=O)O.C[C@]12C=CC(=O)C=C1CC[C@@H]1[C@@H]2C(=O)C[C@@]2(C)[C@H]1CC[C@]2(O)C(=O)CO. The molecule has 31 heavy (non-hydrogen) atoms. The van der Waals surface area contributed by atoms with Gasteiger partial charge in [-0.05, 0) is 49.7 Å². The van der Waals surface area contributed by atoms with Crippen molar-refractivity contribution in [1.29, 1.82) is 0 Å². The number of aliphatic hydroxyl groups is 2. The van der Waals surface area contributed by atoms with Crippen LogP contribution >= 0.6 is 0 Å². The zero-order valence-electron chi connectivity index (χ0n) is 18.4. The van der Waals surface area contributed by atoms with Crippen molar-refractivity contribution >= 4 is 23.3 Å². The van der Waals surface area contributed by atoms with Crippen molar-refractivity contribution in [2.24, 2.45) is 28.6 Å². The number of allylic oxidation sites excluding steroid dienone is 4. The number of aliphatic hydroxyl groups excluding tert-OH is 1. The highest BCUT2D eigenvalue weighted by Crippen LogP contribution is 2.66. The molecule has 7 heteroatoms. The van der Waals surface area contributed by atoms with Crippen LogP contribution in [0.5, 0.6) is 0 Å². The highest BCUT2D eigenvalue weighted by Gasteiger charge is 2.68. The minimum Gasteiger partial charge on any atom is -0.481 e. The van der Waals surface area contributed by atoms with Crippen LogP contribution in [0.2, 0.25) is 0 Å². The van der Waals surface area contributed by atoms with Crippen molar-refractivity contribution in [3.63, 3.8) is 0 Å². The second-order valence-electron chi connectivity index (χ2n) is 9.76. The highest BCUT2D eigenvalue weighted by molar-refractivity contribution is 6.02. The van der Waals surface area contributed by atoms with Gasteiger partial charge in [-0.3, -0.25) is 19.2 Å². The zero-order valence-corrected chi connectivity index (χ0v) is 18.4. The molecule has 3 saturated carbocycles. The van der Waals surface area contributed by atoms with Crippen molar-refractivity contribution in [3.05, 3.63) is 23.8 Å². The Labute approximate surface area is 182 Å². The molecule has 0 aromatic heterocycles. The van der Waals surface area contributed by atoms with Crippen LogP contribution in [0.15, 0.2) is 23.8 Å². The lowest BCUT2D eigenvalue weighted by Crippen LogP contribution is -2.60. The minimum absolute atomic E-state index is 0.0206. The summed E-state index contributed by atoms with van der Waals surface area (Å²) in [7, 11) is 0. The average molecular weight is 433 g/mol. The summed E-state index contributed by atoms with van der Waals surface area (Å²) in [6.45, 7) is 4.79. The first kappa shape index (κ1) is 23.5. The summed E-state index contributed by atoms with van der Waals surface area (Å²) in [6, 6.07) is 0. The van der Waals surface area contributed by atoms with E-state index in [4.69, 9.17) is 5.11 Å². The number of aliphatic carboxylic acids is 1. The molecule has 170 valence electrons. The number of carbonyl (C=O) groups is 4. The van der Waals surface area contributed by atoms with Crippen molar-refractivity contribution in [1.82, 2.24) is 0 Å². The van der Waals surface area contributed by atoms with Gasteiger partial charge in [-0.2, -0.15) is 0 Å². The molecule has 0 amide bonds. The summed E-state index contributed by atoms with van der Waals surface area (Å²) < 4.78 is 0. The molecular formula is C24H32O7. The van der Waals surface area contributed by atoms with Crippen LogP contribution in [-0.4, -0.2) is 50.8 Å². The standard InChI is InChI=1S/C21H26O5.C3H6O2/c1-19-7-5-13(23)9-12(19)3-4-14-15-6-8-21(26,17(25)11-22)20(15,2)10-16(24)18(14)19;1-2-3(4)5/h5,7,9,14-15,18,22,26H,3-4,6,8,10-11H2,1-2H3;2H2,1H3,(H,4,5)/t14-,15-,18+,19-,20-,21-;/m0./s1. The van der Waals surface area contributed by atoms with Crippen LogP contribution < -0.4 is 0 Å².